The molecule has 0 aliphatic carbocycles. The van der Waals surface area contributed by atoms with Gasteiger partial charge in [-0.3, -0.25) is 10.5 Å². The molecule has 1 unspecified atom stereocenters. The van der Waals surface area contributed by atoms with Crippen molar-refractivity contribution >= 4 is 5.91 Å². The maximum atomic E-state index is 9.88. The van der Waals surface area contributed by atoms with Gasteiger partial charge < -0.3 is 10.8 Å². The third kappa shape index (κ3) is 1.18. The summed E-state index contributed by atoms with van der Waals surface area (Å²) in [5.74, 6) is -1.25. The molecule has 44 valence electrons. The van der Waals surface area contributed by atoms with Crippen LogP contribution in [-0.4, -0.2) is 16.7 Å². The number of primary amides is 1. The largest absolute Gasteiger partial charge is 0.365 e. The Labute approximate surface area is 45.5 Å². The second kappa shape index (κ2) is 1.78. The molecule has 0 bridgehead atoms. The van der Waals surface area contributed by atoms with Gasteiger partial charge in [0, 0.05) is 0 Å². The van der Waals surface area contributed by atoms with E-state index < -0.39 is 11.6 Å². The Hall–Kier alpha value is -1.12. The van der Waals surface area contributed by atoms with Crippen LogP contribution in [0.15, 0.2) is 0 Å². The molecule has 1 atom stereocenters. The van der Waals surface area contributed by atoms with Crippen molar-refractivity contribution in [2.75, 3.05) is 0 Å². The van der Waals surface area contributed by atoms with E-state index in [2.05, 4.69) is 11.5 Å². The lowest BCUT2D eigenvalue weighted by atomic mass is 10.3. The average molecular weight is 115 g/mol. The first-order valence-electron chi connectivity index (χ1n) is 1.73. The van der Waals surface area contributed by atoms with Gasteiger partial charge in [-0.15, -0.1) is 0 Å². The van der Waals surface area contributed by atoms with E-state index in [4.69, 9.17) is 10.4 Å². The molecule has 0 rings (SSSR count). The molecule has 5 nitrogen and oxygen atoms in total. The number of amides is 1. The summed E-state index contributed by atoms with van der Waals surface area (Å²) >= 11 is 0. The highest BCUT2D eigenvalue weighted by molar-refractivity contribution is 5.85. The Kier molecular flexibility index (Phi) is 1.53. The van der Waals surface area contributed by atoms with Crippen LogP contribution in [0.4, 0.5) is 0 Å². The fraction of sp³-hybridized carbons (Fsp3) is 0.333. The molecule has 0 aromatic heterocycles. The molecule has 0 fully saturated rings. The molecular weight excluding hydrogens is 110 g/mol. The van der Waals surface area contributed by atoms with Crippen molar-refractivity contribution in [3.05, 3.63) is 0 Å². The first-order chi connectivity index (χ1) is 3.50. The highest BCUT2D eigenvalue weighted by Gasteiger charge is 2.27. The van der Waals surface area contributed by atoms with Crippen molar-refractivity contribution in [2.24, 2.45) is 11.5 Å². The highest BCUT2D eigenvalue weighted by atomic mass is 16.3. The molecule has 0 heterocycles. The minimum Gasteiger partial charge on any atom is -0.365 e. The van der Waals surface area contributed by atoms with E-state index in [1.54, 1.807) is 0 Å². The van der Waals surface area contributed by atoms with Crippen molar-refractivity contribution in [3.8, 4) is 6.07 Å². The number of carbonyl (C=O) groups excluding carboxylic acids is 1. The lowest BCUT2D eigenvalue weighted by molar-refractivity contribution is -0.130. The molecule has 0 saturated carbocycles. The third-order valence-electron chi connectivity index (χ3n) is 0.546. The zero-order valence-electron chi connectivity index (χ0n) is 3.96. The first-order valence-corrected chi connectivity index (χ1v) is 1.73. The van der Waals surface area contributed by atoms with Crippen LogP contribution < -0.4 is 11.5 Å². The van der Waals surface area contributed by atoms with Gasteiger partial charge in [-0.05, 0) is 0 Å². The van der Waals surface area contributed by atoms with Crippen LogP contribution in [0.1, 0.15) is 0 Å². The highest BCUT2D eigenvalue weighted by Crippen LogP contribution is 1.86. The van der Waals surface area contributed by atoms with Gasteiger partial charge in [-0.25, -0.2) is 0 Å². The van der Waals surface area contributed by atoms with Crippen molar-refractivity contribution in [1.29, 1.82) is 5.26 Å². The SMILES string of the molecule is N#CC(N)(O)C(N)=O. The number of nitriles is 1. The Morgan fingerprint density at radius 1 is 1.88 bits per heavy atom. The minimum atomic E-state index is -2.51. The van der Waals surface area contributed by atoms with Crippen molar-refractivity contribution in [1.82, 2.24) is 0 Å². The predicted octanol–water partition coefficient (Wildman–Crippen LogP) is -2.36. The lowest BCUT2D eigenvalue weighted by Gasteiger charge is -2.05. The number of carbonyl (C=O) groups is 1. The summed E-state index contributed by atoms with van der Waals surface area (Å²) in [6.45, 7) is 0. The van der Waals surface area contributed by atoms with Gasteiger partial charge in [-0.2, -0.15) is 5.26 Å². The normalized spacial score (nSPS) is 16.1. The Morgan fingerprint density at radius 2 is 2.25 bits per heavy atom. The van der Waals surface area contributed by atoms with Crippen LogP contribution in [0, 0.1) is 11.3 Å². The Bertz CT molecular complexity index is 145. The second-order valence-corrected chi connectivity index (χ2v) is 1.24. The van der Waals surface area contributed by atoms with Crippen LogP contribution in [0.5, 0.6) is 0 Å². The van der Waals surface area contributed by atoms with E-state index >= 15 is 0 Å². The monoisotopic (exact) mass is 115 g/mol. The van der Waals surface area contributed by atoms with E-state index in [0.717, 1.165) is 6.07 Å². The van der Waals surface area contributed by atoms with Gasteiger partial charge in [0.2, 0.25) is 0 Å². The van der Waals surface area contributed by atoms with E-state index in [-0.39, 0.29) is 0 Å². The van der Waals surface area contributed by atoms with E-state index in [1.807, 2.05) is 0 Å². The number of hydrogen-bond donors (Lipinski definition) is 3. The smallest absolute Gasteiger partial charge is 0.283 e. The molecule has 0 aromatic carbocycles. The molecule has 0 radical (unpaired) electrons. The van der Waals surface area contributed by atoms with Crippen LogP contribution in [-0.2, 0) is 4.79 Å². The number of rotatable bonds is 1. The fourth-order valence-electron chi connectivity index (χ4n) is 0.0551. The summed E-state index contributed by atoms with van der Waals surface area (Å²) in [5.41, 5.74) is 6.51. The van der Waals surface area contributed by atoms with Crippen LogP contribution in [0.3, 0.4) is 0 Å². The maximum Gasteiger partial charge on any atom is 0.283 e. The maximum absolute atomic E-state index is 9.88. The molecule has 0 aliphatic rings. The van der Waals surface area contributed by atoms with Gasteiger partial charge >= 0.3 is 0 Å². The molecule has 1 amide bonds. The fourth-order valence-corrected chi connectivity index (χ4v) is 0.0551. The summed E-state index contributed by atoms with van der Waals surface area (Å²) in [5, 5.41) is 16.2. The average Bonchev–Trinajstić information content (AvgIpc) is 1.67. The van der Waals surface area contributed by atoms with Crippen LogP contribution >= 0.6 is 0 Å². The van der Waals surface area contributed by atoms with E-state index in [1.165, 1.54) is 0 Å². The summed E-state index contributed by atoms with van der Waals surface area (Å²) in [6, 6.07) is 1.10. The Morgan fingerprint density at radius 3 is 2.25 bits per heavy atom. The summed E-state index contributed by atoms with van der Waals surface area (Å²) in [4.78, 5) is 9.88. The van der Waals surface area contributed by atoms with E-state index in [0.29, 0.717) is 0 Å². The zero-order valence-corrected chi connectivity index (χ0v) is 3.96. The number of nitrogens with two attached hydrogens (primary N) is 2. The summed E-state index contributed by atoms with van der Waals surface area (Å²) in [7, 11) is 0. The van der Waals surface area contributed by atoms with Crippen molar-refractivity contribution in [2.45, 2.75) is 5.72 Å². The van der Waals surface area contributed by atoms with Crippen molar-refractivity contribution < 1.29 is 9.90 Å². The first kappa shape index (κ1) is 6.88. The number of aliphatic hydroxyl groups is 1. The van der Waals surface area contributed by atoms with Crippen LogP contribution in [0.2, 0.25) is 0 Å². The third-order valence-corrected chi connectivity index (χ3v) is 0.546. The molecule has 0 aromatic rings. The van der Waals surface area contributed by atoms with Crippen LogP contribution in [0.25, 0.3) is 0 Å². The summed E-state index contributed by atoms with van der Waals surface area (Å²) in [6.07, 6.45) is 0. The summed E-state index contributed by atoms with van der Waals surface area (Å²) < 4.78 is 0. The van der Waals surface area contributed by atoms with Gasteiger partial charge in [-0.1, -0.05) is 0 Å². The molecule has 0 spiro atoms. The zero-order chi connectivity index (χ0) is 6.78. The van der Waals surface area contributed by atoms with Gasteiger partial charge in [0.15, 0.2) is 0 Å². The number of hydrogen-bond acceptors (Lipinski definition) is 4. The number of nitrogens with zero attached hydrogens (tertiary/aromatic N) is 1. The molecular formula is C3H5N3O2. The quantitative estimate of drug-likeness (QED) is 0.262. The molecule has 5 heteroatoms. The molecule has 8 heavy (non-hydrogen) atoms. The topological polar surface area (TPSA) is 113 Å². The van der Waals surface area contributed by atoms with E-state index in [9.17, 15) is 4.79 Å². The minimum absolute atomic E-state index is 1.10. The molecule has 0 aliphatic heterocycles. The van der Waals surface area contributed by atoms with Crippen molar-refractivity contribution in [3.63, 3.8) is 0 Å². The molecule has 0 saturated heterocycles. The van der Waals surface area contributed by atoms with Gasteiger partial charge in [0.1, 0.15) is 6.07 Å². The predicted molar refractivity (Wildman–Crippen MR) is 23.9 cm³/mol. The lowest BCUT2D eigenvalue weighted by Crippen LogP contribution is -2.50. The Balaban J connectivity index is 4.19. The van der Waals surface area contributed by atoms with Gasteiger partial charge in [0.05, 0.1) is 0 Å². The standard InChI is InChI=1S/C3H5N3O2/c4-1-3(6,8)2(5)7/h8H,6H2,(H2,5,7). The molecule has 5 N–H and O–H groups in total. The second-order valence-electron chi connectivity index (χ2n) is 1.24. The van der Waals surface area contributed by atoms with Gasteiger partial charge in [0.25, 0.3) is 11.6 Å².